The topological polar surface area (TPSA) is 45.2 Å². The molecule has 2 fully saturated rings. The highest BCUT2D eigenvalue weighted by molar-refractivity contribution is 5.92. The predicted molar refractivity (Wildman–Crippen MR) is 85.5 cm³/mol. The van der Waals surface area contributed by atoms with Crippen LogP contribution in [0.25, 0.3) is 0 Å². The average Bonchev–Trinajstić information content (AvgIpc) is 2.46. The van der Waals surface area contributed by atoms with E-state index in [4.69, 9.17) is 0 Å². The van der Waals surface area contributed by atoms with Gasteiger partial charge in [-0.15, -0.1) is 0 Å². The summed E-state index contributed by atoms with van der Waals surface area (Å²) in [5.41, 5.74) is 0.820. The summed E-state index contributed by atoms with van der Waals surface area (Å²) in [5.74, 6) is 1.42. The molecule has 1 atom stereocenters. The molecule has 1 saturated heterocycles. The van der Waals surface area contributed by atoms with Gasteiger partial charge in [-0.2, -0.15) is 0 Å². The molecular weight excluding hydrogens is 262 g/mol. The van der Waals surface area contributed by atoms with Crippen LogP contribution in [0.15, 0.2) is 18.3 Å². The maximum Gasteiger partial charge on any atom is 0.227 e. The van der Waals surface area contributed by atoms with Crippen LogP contribution in [-0.4, -0.2) is 23.5 Å². The number of hydrogen-bond donors (Lipinski definition) is 1. The third-order valence-electron chi connectivity index (χ3n) is 4.88. The molecule has 1 unspecified atom stereocenters. The number of nitrogens with one attached hydrogen (secondary N) is 1. The Morgan fingerprint density at radius 2 is 2.14 bits per heavy atom. The number of pyridine rings is 1. The van der Waals surface area contributed by atoms with E-state index in [1.807, 2.05) is 12.1 Å². The maximum atomic E-state index is 11.9. The number of hydrogen-bond acceptors (Lipinski definition) is 3. The van der Waals surface area contributed by atoms with Gasteiger partial charge in [-0.1, -0.05) is 13.3 Å². The molecule has 21 heavy (non-hydrogen) atoms. The predicted octanol–water partition coefficient (Wildman–Crippen LogP) is 3.59. The number of carbonyl (C=O) groups excluding carboxylic acids is 1. The van der Waals surface area contributed by atoms with Gasteiger partial charge >= 0.3 is 0 Å². The van der Waals surface area contributed by atoms with Gasteiger partial charge in [0, 0.05) is 18.5 Å². The van der Waals surface area contributed by atoms with Gasteiger partial charge in [-0.25, -0.2) is 4.98 Å². The second-order valence-corrected chi connectivity index (χ2v) is 6.27. The van der Waals surface area contributed by atoms with Crippen molar-refractivity contribution in [2.24, 2.45) is 5.92 Å². The van der Waals surface area contributed by atoms with Crippen LogP contribution in [0.1, 0.15) is 51.9 Å². The lowest BCUT2D eigenvalue weighted by molar-refractivity contribution is -0.122. The second kappa shape index (κ2) is 6.46. The van der Waals surface area contributed by atoms with Crippen molar-refractivity contribution in [3.63, 3.8) is 0 Å². The van der Waals surface area contributed by atoms with Crippen LogP contribution in [0.4, 0.5) is 11.5 Å². The molecule has 0 bridgehead atoms. The zero-order chi connectivity index (χ0) is 14.7. The third kappa shape index (κ3) is 3.20. The number of amides is 1. The van der Waals surface area contributed by atoms with Crippen molar-refractivity contribution < 1.29 is 4.79 Å². The van der Waals surface area contributed by atoms with E-state index >= 15 is 0 Å². The van der Waals surface area contributed by atoms with Crippen LogP contribution in [-0.2, 0) is 4.79 Å². The van der Waals surface area contributed by atoms with E-state index in [9.17, 15) is 4.79 Å². The molecule has 0 radical (unpaired) electrons. The number of carbonyl (C=O) groups is 1. The highest BCUT2D eigenvalue weighted by Crippen LogP contribution is 2.28. The van der Waals surface area contributed by atoms with Crippen LogP contribution in [0.3, 0.4) is 0 Å². The molecule has 4 heteroatoms. The van der Waals surface area contributed by atoms with Crippen molar-refractivity contribution in [2.45, 2.75) is 57.9 Å². The lowest BCUT2D eigenvalue weighted by atomic mass is 9.85. The summed E-state index contributed by atoms with van der Waals surface area (Å²) in [5, 5.41) is 2.98. The first-order chi connectivity index (χ1) is 10.3. The average molecular weight is 287 g/mol. The van der Waals surface area contributed by atoms with E-state index in [1.165, 1.54) is 32.1 Å². The Morgan fingerprint density at radius 1 is 1.29 bits per heavy atom. The fraction of sp³-hybridized carbons (Fsp3) is 0.647. The van der Waals surface area contributed by atoms with E-state index < -0.39 is 0 Å². The number of aromatic nitrogens is 1. The second-order valence-electron chi connectivity index (χ2n) is 6.27. The molecule has 2 heterocycles. The van der Waals surface area contributed by atoms with E-state index in [0.29, 0.717) is 6.04 Å². The van der Waals surface area contributed by atoms with Gasteiger partial charge < -0.3 is 10.2 Å². The Bertz CT molecular complexity index is 481. The van der Waals surface area contributed by atoms with Crippen molar-refractivity contribution >= 4 is 17.4 Å². The Hall–Kier alpha value is -1.58. The Labute approximate surface area is 126 Å². The lowest BCUT2D eigenvalue weighted by Crippen LogP contribution is -2.39. The summed E-state index contributed by atoms with van der Waals surface area (Å²) in [6, 6.07) is 4.64. The summed E-state index contributed by atoms with van der Waals surface area (Å²) in [6.45, 7) is 3.34. The first-order valence-electron chi connectivity index (χ1n) is 8.31. The maximum absolute atomic E-state index is 11.9. The van der Waals surface area contributed by atoms with E-state index in [0.717, 1.165) is 30.9 Å². The molecule has 2 aliphatic rings. The fourth-order valence-electron chi connectivity index (χ4n) is 3.27. The minimum atomic E-state index is 0.153. The summed E-state index contributed by atoms with van der Waals surface area (Å²) in [7, 11) is 0. The minimum absolute atomic E-state index is 0.153. The zero-order valence-corrected chi connectivity index (χ0v) is 12.8. The molecule has 0 spiro atoms. The van der Waals surface area contributed by atoms with Crippen molar-refractivity contribution in [3.05, 3.63) is 18.3 Å². The van der Waals surface area contributed by atoms with Crippen LogP contribution in [0.2, 0.25) is 0 Å². The highest BCUT2D eigenvalue weighted by Gasteiger charge is 2.25. The number of anilines is 2. The van der Waals surface area contributed by atoms with E-state index in [1.54, 1.807) is 6.20 Å². The number of piperidine rings is 1. The van der Waals surface area contributed by atoms with Gasteiger partial charge in [0.05, 0.1) is 11.9 Å². The first-order valence-corrected chi connectivity index (χ1v) is 8.31. The van der Waals surface area contributed by atoms with E-state index in [2.05, 4.69) is 22.1 Å². The summed E-state index contributed by atoms with van der Waals surface area (Å²) < 4.78 is 0. The Morgan fingerprint density at radius 3 is 2.76 bits per heavy atom. The molecule has 3 rings (SSSR count). The number of nitrogens with zero attached hydrogens (tertiary/aromatic N) is 2. The smallest absolute Gasteiger partial charge is 0.227 e. The molecule has 1 amide bonds. The standard InChI is InChI=1S/C17H25N3O/c1-2-15-8-3-4-11-20(15)16-10-9-14(12-18-16)19-17(21)13-6-5-7-13/h9-10,12-13,15H,2-8,11H2,1H3,(H,19,21). The van der Waals surface area contributed by atoms with Gasteiger partial charge in [-0.3, -0.25) is 4.79 Å². The first kappa shape index (κ1) is 14.4. The molecule has 1 N–H and O–H groups in total. The van der Waals surface area contributed by atoms with Crippen LogP contribution in [0, 0.1) is 5.92 Å². The molecular formula is C17H25N3O. The van der Waals surface area contributed by atoms with Crippen molar-refractivity contribution in [3.8, 4) is 0 Å². The molecule has 114 valence electrons. The van der Waals surface area contributed by atoms with Crippen molar-refractivity contribution in [1.82, 2.24) is 4.98 Å². The highest BCUT2D eigenvalue weighted by atomic mass is 16.1. The van der Waals surface area contributed by atoms with Crippen LogP contribution in [0.5, 0.6) is 0 Å². The summed E-state index contributed by atoms with van der Waals surface area (Å²) in [4.78, 5) is 18.9. The van der Waals surface area contributed by atoms with Crippen molar-refractivity contribution in [2.75, 3.05) is 16.8 Å². The minimum Gasteiger partial charge on any atom is -0.354 e. The molecule has 1 aromatic rings. The Balaban J connectivity index is 1.64. The largest absolute Gasteiger partial charge is 0.354 e. The molecule has 4 nitrogen and oxygen atoms in total. The Kier molecular flexibility index (Phi) is 4.42. The van der Waals surface area contributed by atoms with Gasteiger partial charge in [0.25, 0.3) is 0 Å². The summed E-state index contributed by atoms with van der Waals surface area (Å²) in [6.07, 6.45) is 10.0. The zero-order valence-electron chi connectivity index (χ0n) is 12.8. The summed E-state index contributed by atoms with van der Waals surface area (Å²) >= 11 is 0. The molecule has 0 aromatic carbocycles. The quantitative estimate of drug-likeness (QED) is 0.920. The lowest BCUT2D eigenvalue weighted by Gasteiger charge is -2.36. The van der Waals surface area contributed by atoms with Crippen molar-refractivity contribution in [1.29, 1.82) is 0 Å². The molecule has 1 aliphatic carbocycles. The SMILES string of the molecule is CCC1CCCCN1c1ccc(NC(=O)C2CCC2)cn1. The van der Waals surface area contributed by atoms with Crippen LogP contribution < -0.4 is 10.2 Å². The normalized spacial score (nSPS) is 22.7. The van der Waals surface area contributed by atoms with Gasteiger partial charge in [0.2, 0.25) is 5.91 Å². The third-order valence-corrected chi connectivity index (χ3v) is 4.88. The van der Waals surface area contributed by atoms with Crippen LogP contribution >= 0.6 is 0 Å². The van der Waals surface area contributed by atoms with Gasteiger partial charge in [0.15, 0.2) is 0 Å². The van der Waals surface area contributed by atoms with Gasteiger partial charge in [0.1, 0.15) is 5.82 Å². The molecule has 1 saturated carbocycles. The van der Waals surface area contributed by atoms with E-state index in [-0.39, 0.29) is 11.8 Å². The molecule has 1 aromatic heterocycles. The number of rotatable bonds is 4. The van der Waals surface area contributed by atoms with Gasteiger partial charge in [-0.05, 0) is 50.7 Å². The monoisotopic (exact) mass is 287 g/mol. The molecule has 1 aliphatic heterocycles. The fourth-order valence-corrected chi connectivity index (χ4v) is 3.27.